The lowest BCUT2D eigenvalue weighted by Crippen LogP contribution is -2.11. The number of carbonyl (C=O) groups excluding carboxylic acids is 1. The van der Waals surface area contributed by atoms with E-state index in [-0.39, 0.29) is 5.78 Å². The predicted molar refractivity (Wildman–Crippen MR) is 101 cm³/mol. The monoisotopic (exact) mass is 481 g/mol. The van der Waals surface area contributed by atoms with Crippen molar-refractivity contribution in [1.82, 2.24) is 14.8 Å². The molecule has 3 aromatic rings. The van der Waals surface area contributed by atoms with Crippen LogP contribution in [0.15, 0.2) is 53.0 Å². The van der Waals surface area contributed by atoms with Gasteiger partial charge in [-0.3, -0.25) is 9.36 Å². The summed E-state index contributed by atoms with van der Waals surface area (Å²) in [7, 11) is 0. The molecular formula is C17H13BrIN3O. The van der Waals surface area contributed by atoms with Crippen LogP contribution in [-0.4, -0.2) is 20.5 Å². The van der Waals surface area contributed by atoms with Gasteiger partial charge in [0.05, 0.1) is 15.7 Å². The second-order valence-electron chi connectivity index (χ2n) is 4.96. The highest BCUT2D eigenvalue weighted by Crippen LogP contribution is 2.28. The van der Waals surface area contributed by atoms with E-state index in [9.17, 15) is 4.79 Å². The third-order valence-corrected chi connectivity index (χ3v) is 4.85. The SMILES string of the molecule is Cc1nnc(CI)n1-c1cccc(Br)c1C(=O)c1ccccc1. The highest BCUT2D eigenvalue weighted by molar-refractivity contribution is 14.1. The van der Waals surface area contributed by atoms with E-state index >= 15 is 0 Å². The van der Waals surface area contributed by atoms with Crippen LogP contribution in [0, 0.1) is 6.92 Å². The average molecular weight is 482 g/mol. The van der Waals surface area contributed by atoms with Crippen molar-refractivity contribution < 1.29 is 4.79 Å². The summed E-state index contributed by atoms with van der Waals surface area (Å²) in [6.45, 7) is 1.89. The summed E-state index contributed by atoms with van der Waals surface area (Å²) in [6, 6.07) is 15.0. The van der Waals surface area contributed by atoms with E-state index < -0.39 is 0 Å². The summed E-state index contributed by atoms with van der Waals surface area (Å²) in [5.74, 6) is 1.56. The van der Waals surface area contributed by atoms with Gasteiger partial charge in [0, 0.05) is 10.0 Å². The molecule has 0 N–H and O–H groups in total. The van der Waals surface area contributed by atoms with Crippen molar-refractivity contribution >= 4 is 44.3 Å². The molecule has 3 rings (SSSR count). The number of rotatable bonds is 4. The van der Waals surface area contributed by atoms with E-state index in [4.69, 9.17) is 0 Å². The molecule has 0 spiro atoms. The highest BCUT2D eigenvalue weighted by atomic mass is 127. The van der Waals surface area contributed by atoms with Crippen LogP contribution in [0.1, 0.15) is 27.6 Å². The Balaban J connectivity index is 2.23. The van der Waals surface area contributed by atoms with Gasteiger partial charge in [-0.1, -0.05) is 59.0 Å². The molecule has 4 nitrogen and oxygen atoms in total. The van der Waals surface area contributed by atoms with Crippen molar-refractivity contribution in [2.75, 3.05) is 0 Å². The summed E-state index contributed by atoms with van der Waals surface area (Å²) >= 11 is 5.77. The molecule has 0 aliphatic rings. The number of carbonyl (C=O) groups is 1. The van der Waals surface area contributed by atoms with Crippen molar-refractivity contribution in [2.45, 2.75) is 11.4 Å². The minimum atomic E-state index is -0.0272. The first-order valence-electron chi connectivity index (χ1n) is 6.99. The topological polar surface area (TPSA) is 47.8 Å². The largest absolute Gasteiger partial charge is 0.288 e. The molecule has 0 aliphatic carbocycles. The molecule has 0 fully saturated rings. The van der Waals surface area contributed by atoms with E-state index in [0.29, 0.717) is 15.6 Å². The first kappa shape index (κ1) is 16.3. The number of alkyl halides is 1. The molecule has 1 aromatic heterocycles. The van der Waals surface area contributed by atoms with Crippen LogP contribution in [0.3, 0.4) is 0 Å². The van der Waals surface area contributed by atoms with Gasteiger partial charge in [-0.05, 0) is 35.0 Å². The second kappa shape index (κ2) is 6.92. The molecule has 0 saturated carbocycles. The van der Waals surface area contributed by atoms with Crippen LogP contribution in [0.25, 0.3) is 5.69 Å². The molecule has 1 heterocycles. The van der Waals surface area contributed by atoms with Crippen LogP contribution >= 0.6 is 38.5 Å². The summed E-state index contributed by atoms with van der Waals surface area (Å²) < 4.78 is 3.41. The number of hydrogen-bond acceptors (Lipinski definition) is 3. The van der Waals surface area contributed by atoms with E-state index in [1.807, 2.05) is 60.0 Å². The molecule has 0 radical (unpaired) electrons. The lowest BCUT2D eigenvalue weighted by atomic mass is 10.0. The molecule has 0 amide bonds. The molecule has 0 aliphatic heterocycles. The Bertz CT molecular complexity index is 862. The summed E-state index contributed by atoms with van der Waals surface area (Å²) in [5, 5.41) is 8.34. The predicted octanol–water partition coefficient (Wildman–Crippen LogP) is 4.50. The normalized spacial score (nSPS) is 10.7. The zero-order valence-corrected chi connectivity index (χ0v) is 16.1. The lowest BCUT2D eigenvalue weighted by molar-refractivity contribution is 0.103. The molecule has 2 aromatic carbocycles. The van der Waals surface area contributed by atoms with Gasteiger partial charge >= 0.3 is 0 Å². The maximum absolute atomic E-state index is 13.0. The third-order valence-electron chi connectivity index (χ3n) is 3.51. The van der Waals surface area contributed by atoms with Crippen LogP contribution in [0.2, 0.25) is 0 Å². The number of halogens is 2. The molecule has 0 unspecified atom stereocenters. The number of aromatic nitrogens is 3. The fraction of sp³-hybridized carbons (Fsp3) is 0.118. The minimum Gasteiger partial charge on any atom is -0.288 e. The van der Waals surface area contributed by atoms with Crippen LogP contribution < -0.4 is 0 Å². The average Bonchev–Trinajstić information content (AvgIpc) is 2.95. The quantitative estimate of drug-likeness (QED) is 0.313. The Labute approximate surface area is 156 Å². The Hall–Kier alpha value is -1.54. The number of hydrogen-bond donors (Lipinski definition) is 0. The molecule has 0 saturated heterocycles. The minimum absolute atomic E-state index is 0.0272. The van der Waals surface area contributed by atoms with E-state index in [2.05, 4.69) is 48.7 Å². The van der Waals surface area contributed by atoms with Gasteiger partial charge in [0.15, 0.2) is 5.78 Å². The molecule has 116 valence electrons. The number of nitrogens with zero attached hydrogens (tertiary/aromatic N) is 3. The van der Waals surface area contributed by atoms with Gasteiger partial charge in [0.1, 0.15) is 11.6 Å². The zero-order valence-electron chi connectivity index (χ0n) is 12.3. The lowest BCUT2D eigenvalue weighted by Gasteiger charge is -2.14. The first-order chi connectivity index (χ1) is 11.1. The van der Waals surface area contributed by atoms with Crippen LogP contribution in [0.5, 0.6) is 0 Å². The van der Waals surface area contributed by atoms with E-state index in [0.717, 1.165) is 21.8 Å². The smallest absolute Gasteiger partial charge is 0.196 e. The highest BCUT2D eigenvalue weighted by Gasteiger charge is 2.21. The summed E-state index contributed by atoms with van der Waals surface area (Å²) in [6.07, 6.45) is 0. The molecular weight excluding hydrogens is 469 g/mol. The molecule has 0 atom stereocenters. The zero-order chi connectivity index (χ0) is 16.4. The molecule has 23 heavy (non-hydrogen) atoms. The maximum atomic E-state index is 13.0. The van der Waals surface area contributed by atoms with E-state index in [1.165, 1.54) is 0 Å². The van der Waals surface area contributed by atoms with Gasteiger partial charge < -0.3 is 0 Å². The fourth-order valence-electron chi connectivity index (χ4n) is 2.46. The first-order valence-corrected chi connectivity index (χ1v) is 9.31. The van der Waals surface area contributed by atoms with Crippen LogP contribution in [0.4, 0.5) is 0 Å². The van der Waals surface area contributed by atoms with Crippen molar-refractivity contribution in [3.63, 3.8) is 0 Å². The van der Waals surface area contributed by atoms with Crippen molar-refractivity contribution in [3.8, 4) is 5.69 Å². The van der Waals surface area contributed by atoms with Gasteiger partial charge in [-0.15, -0.1) is 10.2 Å². The van der Waals surface area contributed by atoms with Crippen molar-refractivity contribution in [2.24, 2.45) is 0 Å². The third kappa shape index (κ3) is 3.10. The summed E-state index contributed by atoms with van der Waals surface area (Å²) in [4.78, 5) is 13.0. The van der Waals surface area contributed by atoms with E-state index in [1.54, 1.807) is 0 Å². The van der Waals surface area contributed by atoms with Crippen LogP contribution in [-0.2, 0) is 4.43 Å². The van der Waals surface area contributed by atoms with Gasteiger partial charge in [0.2, 0.25) is 0 Å². The fourth-order valence-corrected chi connectivity index (χ4v) is 3.49. The number of benzene rings is 2. The van der Waals surface area contributed by atoms with Crippen molar-refractivity contribution in [1.29, 1.82) is 0 Å². The second-order valence-corrected chi connectivity index (χ2v) is 6.58. The molecule has 6 heteroatoms. The van der Waals surface area contributed by atoms with Gasteiger partial charge in [-0.25, -0.2) is 0 Å². The standard InChI is InChI=1S/C17H13BrIN3O/c1-11-20-21-15(10-19)22(11)14-9-5-8-13(18)16(14)17(23)12-6-3-2-4-7-12/h2-9H,10H2,1H3. The number of ketones is 1. The van der Waals surface area contributed by atoms with Gasteiger partial charge in [0.25, 0.3) is 0 Å². The van der Waals surface area contributed by atoms with Gasteiger partial charge in [-0.2, -0.15) is 0 Å². The Morgan fingerprint density at radius 3 is 2.57 bits per heavy atom. The Kier molecular flexibility index (Phi) is 4.91. The summed E-state index contributed by atoms with van der Waals surface area (Å²) in [5.41, 5.74) is 2.07. The Morgan fingerprint density at radius 1 is 1.13 bits per heavy atom. The molecule has 0 bridgehead atoms. The maximum Gasteiger partial charge on any atom is 0.196 e. The number of aryl methyl sites for hydroxylation is 1. The Morgan fingerprint density at radius 2 is 1.87 bits per heavy atom. The van der Waals surface area contributed by atoms with Crippen molar-refractivity contribution in [3.05, 3.63) is 75.8 Å².